The first-order valence-electron chi connectivity index (χ1n) is 12.5. The number of phenols is 9. The summed E-state index contributed by atoms with van der Waals surface area (Å²) < 4.78 is 20.8. The van der Waals surface area contributed by atoms with Crippen molar-refractivity contribution in [2.45, 2.75) is 30.7 Å². The molecule has 45 heavy (non-hydrogen) atoms. The number of cyclic esters (lactones) is 1. The molecular weight excluding hydrogens is 612 g/mol. The largest absolute Gasteiger partial charge is 0.504 e. The van der Waals surface area contributed by atoms with Crippen molar-refractivity contribution in [2.24, 2.45) is 0 Å². The lowest BCUT2D eigenvalue weighted by Crippen LogP contribution is -2.61. The Morgan fingerprint density at radius 1 is 0.667 bits per heavy atom. The Bertz CT molecular complexity index is 1730. The van der Waals surface area contributed by atoms with E-state index in [1.54, 1.807) is 0 Å². The zero-order valence-corrected chi connectivity index (χ0v) is 22.2. The van der Waals surface area contributed by atoms with E-state index in [0.717, 1.165) is 0 Å². The number of esters is 3. The van der Waals surface area contributed by atoms with Crippen molar-refractivity contribution in [3.05, 3.63) is 41.0 Å². The fraction of sp³-hybridized carbons (Fsp3) is 0.222. The van der Waals surface area contributed by atoms with Crippen molar-refractivity contribution >= 4 is 17.9 Å². The molecule has 2 aliphatic rings. The number of ether oxygens (including phenoxy) is 4. The Hall–Kier alpha value is -5.85. The number of hydrogen-bond donors (Lipinski definition) is 11. The highest BCUT2D eigenvalue weighted by Gasteiger charge is 2.50. The van der Waals surface area contributed by atoms with Crippen LogP contribution in [0.25, 0.3) is 11.1 Å². The van der Waals surface area contributed by atoms with Gasteiger partial charge < -0.3 is 75.1 Å². The van der Waals surface area contributed by atoms with Crippen molar-refractivity contribution in [1.29, 1.82) is 0 Å². The van der Waals surface area contributed by atoms with Crippen LogP contribution in [0.2, 0.25) is 0 Å². The molecule has 0 aromatic heterocycles. The summed E-state index contributed by atoms with van der Waals surface area (Å²) in [6, 6.07) is 2.45. The number of carbonyl (C=O) groups excluding carboxylic acids is 3. The number of hydrogen-bond acceptors (Lipinski definition) is 18. The molecule has 238 valence electrons. The van der Waals surface area contributed by atoms with E-state index >= 15 is 0 Å². The van der Waals surface area contributed by atoms with Crippen molar-refractivity contribution in [3.8, 4) is 62.9 Å². The molecule has 0 unspecified atom stereocenters. The molecule has 2 bridgehead atoms. The number of benzene rings is 3. The first kappa shape index (κ1) is 30.6. The summed E-state index contributed by atoms with van der Waals surface area (Å²) >= 11 is 0. The zero-order chi connectivity index (χ0) is 33.1. The molecule has 0 saturated carbocycles. The molecule has 0 aliphatic carbocycles. The highest BCUT2D eigenvalue weighted by molar-refractivity contribution is 6.08. The predicted molar refractivity (Wildman–Crippen MR) is 139 cm³/mol. The molecular formula is C27H22O18. The van der Waals surface area contributed by atoms with E-state index in [4.69, 9.17) is 18.9 Å². The molecule has 18 nitrogen and oxygen atoms in total. The van der Waals surface area contributed by atoms with Crippen molar-refractivity contribution in [3.63, 3.8) is 0 Å². The van der Waals surface area contributed by atoms with Gasteiger partial charge in [-0.1, -0.05) is 0 Å². The average Bonchev–Trinajstić information content (AvgIpc) is 2.99. The van der Waals surface area contributed by atoms with Crippen molar-refractivity contribution < 1.29 is 89.5 Å². The van der Waals surface area contributed by atoms with Gasteiger partial charge in [0.15, 0.2) is 52.5 Å². The van der Waals surface area contributed by atoms with Crippen LogP contribution in [0, 0.1) is 0 Å². The number of carbonyl (C=O) groups is 3. The molecule has 2 heterocycles. The van der Waals surface area contributed by atoms with Crippen LogP contribution >= 0.6 is 0 Å². The van der Waals surface area contributed by atoms with Crippen LogP contribution in [0.4, 0.5) is 0 Å². The van der Waals surface area contributed by atoms with Crippen LogP contribution in [0.5, 0.6) is 51.7 Å². The monoisotopic (exact) mass is 634 g/mol. The maximum atomic E-state index is 13.5. The van der Waals surface area contributed by atoms with Gasteiger partial charge in [0.2, 0.25) is 17.8 Å². The molecule has 3 aromatic carbocycles. The van der Waals surface area contributed by atoms with Crippen LogP contribution in [-0.2, 0) is 18.9 Å². The Balaban J connectivity index is 1.61. The zero-order valence-electron chi connectivity index (χ0n) is 22.2. The first-order valence-corrected chi connectivity index (χ1v) is 12.5. The maximum Gasteiger partial charge on any atom is 0.340 e. The second-order valence-corrected chi connectivity index (χ2v) is 9.79. The van der Waals surface area contributed by atoms with Crippen LogP contribution < -0.4 is 0 Å². The minimum atomic E-state index is -2.22. The maximum absolute atomic E-state index is 13.5. The first-order chi connectivity index (χ1) is 21.1. The topological polar surface area (TPSA) is 311 Å². The molecule has 11 N–H and O–H groups in total. The molecule has 2 aliphatic heterocycles. The third-order valence-electron chi connectivity index (χ3n) is 6.99. The molecule has 3 aromatic rings. The quantitative estimate of drug-likeness (QED) is 0.0979. The molecule has 0 amide bonds. The summed E-state index contributed by atoms with van der Waals surface area (Å²) in [5, 5.41) is 113. The molecule has 5 atom stereocenters. The molecule has 0 radical (unpaired) electrons. The summed E-state index contributed by atoms with van der Waals surface area (Å²) in [5.41, 5.74) is -4.12. The Morgan fingerprint density at radius 3 is 1.69 bits per heavy atom. The lowest BCUT2D eigenvalue weighted by atomic mass is 9.91. The molecule has 0 spiro atoms. The SMILES string of the molecule is O=C(O[C@@H]1O[C@@H]2COC(=O)c3cc(O)c(O)c(O)c3-c3c(cc(O)c(O)c3O)C(=O)O[C@@H]([C@H]2O)[C@H]1O)c1cc(O)c(O)c(O)c1. The van der Waals surface area contributed by atoms with E-state index in [9.17, 15) is 70.6 Å². The molecule has 5 rings (SSSR count). The van der Waals surface area contributed by atoms with E-state index < -0.39 is 135 Å². The van der Waals surface area contributed by atoms with Gasteiger partial charge in [-0.05, 0) is 24.3 Å². The van der Waals surface area contributed by atoms with E-state index in [2.05, 4.69) is 0 Å². The van der Waals surface area contributed by atoms with Gasteiger partial charge in [-0.25, -0.2) is 14.4 Å². The highest BCUT2D eigenvalue weighted by atomic mass is 16.7. The van der Waals surface area contributed by atoms with Gasteiger partial charge in [-0.15, -0.1) is 0 Å². The van der Waals surface area contributed by atoms with E-state index in [-0.39, 0.29) is 0 Å². The standard InChI is InChI=1S/C27H22O18/c28-9-1-6(2-10(29)16(9)32)24(39)45-27-22(38)23-19(35)13(43-27)5-42-25(40)7-3-11(30)17(33)20(36)14(7)15-8(26(41)44-23)4-12(31)18(34)21(15)37/h1-4,13,19,22-23,27-38H,5H2/t13-,19+,22-,23+,27+/m1/s1. The lowest BCUT2D eigenvalue weighted by Gasteiger charge is -2.41. The van der Waals surface area contributed by atoms with Crippen LogP contribution in [0.1, 0.15) is 31.1 Å². The van der Waals surface area contributed by atoms with Crippen molar-refractivity contribution in [1.82, 2.24) is 0 Å². The van der Waals surface area contributed by atoms with E-state index in [1.807, 2.05) is 0 Å². The number of aliphatic hydroxyl groups is 2. The fourth-order valence-electron chi connectivity index (χ4n) is 4.71. The van der Waals surface area contributed by atoms with Gasteiger partial charge in [0, 0.05) is 11.1 Å². The van der Waals surface area contributed by atoms with Crippen LogP contribution in [0.15, 0.2) is 24.3 Å². The van der Waals surface area contributed by atoms with Gasteiger partial charge in [0.1, 0.15) is 18.8 Å². The Labute approximate surface area is 248 Å². The number of aromatic hydroxyl groups is 9. The van der Waals surface area contributed by atoms with Crippen LogP contribution in [-0.4, -0.2) is 111 Å². The summed E-state index contributed by atoms with van der Waals surface area (Å²) in [6.07, 6.45) is -10.2. The van der Waals surface area contributed by atoms with Gasteiger partial charge in [0.25, 0.3) is 0 Å². The summed E-state index contributed by atoms with van der Waals surface area (Å²) in [4.78, 5) is 39.4. The van der Waals surface area contributed by atoms with Gasteiger partial charge in [0.05, 0.1) is 16.7 Å². The second kappa shape index (κ2) is 11.0. The Morgan fingerprint density at radius 2 is 1.16 bits per heavy atom. The van der Waals surface area contributed by atoms with Crippen molar-refractivity contribution in [2.75, 3.05) is 6.61 Å². The third kappa shape index (κ3) is 5.07. The van der Waals surface area contributed by atoms with Gasteiger partial charge in [-0.3, -0.25) is 0 Å². The lowest BCUT2D eigenvalue weighted by molar-refractivity contribution is -0.284. The molecule has 1 saturated heterocycles. The van der Waals surface area contributed by atoms with Gasteiger partial charge in [-0.2, -0.15) is 0 Å². The Kier molecular flexibility index (Phi) is 7.49. The van der Waals surface area contributed by atoms with E-state index in [0.29, 0.717) is 24.3 Å². The number of fused-ring (bicyclic) bond motifs is 5. The number of phenolic OH excluding ortho intramolecular Hbond substituents is 9. The van der Waals surface area contributed by atoms with Gasteiger partial charge >= 0.3 is 17.9 Å². The van der Waals surface area contributed by atoms with E-state index in [1.165, 1.54) is 0 Å². The smallest absolute Gasteiger partial charge is 0.340 e. The minimum Gasteiger partial charge on any atom is -0.504 e. The summed E-state index contributed by atoms with van der Waals surface area (Å²) in [6.45, 7) is -0.947. The molecule has 1 fully saturated rings. The number of aliphatic hydroxyl groups excluding tert-OH is 2. The summed E-state index contributed by atoms with van der Waals surface area (Å²) in [7, 11) is 0. The minimum absolute atomic E-state index is 0.508. The third-order valence-corrected chi connectivity index (χ3v) is 6.99. The molecule has 18 heteroatoms. The highest BCUT2D eigenvalue weighted by Crippen LogP contribution is 2.53. The second-order valence-electron chi connectivity index (χ2n) is 9.79. The average molecular weight is 634 g/mol. The number of rotatable bonds is 2. The summed E-state index contributed by atoms with van der Waals surface area (Å²) in [5.74, 6) is -14.5. The predicted octanol–water partition coefficient (Wildman–Crippen LogP) is -0.297. The normalized spacial score (nSPS) is 22.9. The fourth-order valence-corrected chi connectivity index (χ4v) is 4.71. The van der Waals surface area contributed by atoms with Crippen LogP contribution in [0.3, 0.4) is 0 Å².